The molecule has 1 unspecified atom stereocenters. The first kappa shape index (κ1) is 24.7. The molecule has 0 bridgehead atoms. The smallest absolute Gasteiger partial charge is 0.290 e. The Labute approximate surface area is 219 Å². The number of benzene rings is 3. The normalized spacial score (nSPS) is 14.6. The fraction of sp³-hybridized carbons (Fsp3) is 0.241. The maximum Gasteiger partial charge on any atom is 0.290 e. The van der Waals surface area contributed by atoms with Crippen LogP contribution in [0.15, 0.2) is 69.9 Å². The second kappa shape index (κ2) is 10.2. The van der Waals surface area contributed by atoms with Crippen molar-refractivity contribution in [3.63, 3.8) is 0 Å². The SMILES string of the molecule is CCOc1ccc(C2c3c(oc4ccc(Cl)cc4c3=O)C(=O)N2CCc2ccc(OC)c(OC)c2)cc1. The van der Waals surface area contributed by atoms with E-state index in [0.717, 1.165) is 11.1 Å². The summed E-state index contributed by atoms with van der Waals surface area (Å²) in [7, 11) is 3.17. The van der Waals surface area contributed by atoms with Gasteiger partial charge in [0.05, 0.1) is 37.8 Å². The largest absolute Gasteiger partial charge is 0.494 e. The van der Waals surface area contributed by atoms with E-state index < -0.39 is 6.04 Å². The highest BCUT2D eigenvalue weighted by atomic mass is 35.5. The monoisotopic (exact) mass is 519 g/mol. The Kier molecular flexibility index (Phi) is 6.80. The zero-order valence-corrected chi connectivity index (χ0v) is 21.5. The molecule has 190 valence electrons. The van der Waals surface area contributed by atoms with Gasteiger partial charge in [0.2, 0.25) is 5.76 Å². The summed E-state index contributed by atoms with van der Waals surface area (Å²) in [5.41, 5.74) is 2.13. The molecule has 1 atom stereocenters. The molecule has 1 amide bonds. The van der Waals surface area contributed by atoms with E-state index in [9.17, 15) is 9.59 Å². The molecule has 4 aromatic rings. The van der Waals surface area contributed by atoms with Gasteiger partial charge in [-0.1, -0.05) is 29.8 Å². The molecular weight excluding hydrogens is 494 g/mol. The molecule has 0 fully saturated rings. The second-order valence-electron chi connectivity index (χ2n) is 8.66. The molecular formula is C29H26ClNO6. The van der Waals surface area contributed by atoms with E-state index in [0.29, 0.717) is 58.4 Å². The number of methoxy groups -OCH3 is 2. The second-order valence-corrected chi connectivity index (χ2v) is 9.09. The van der Waals surface area contributed by atoms with Crippen molar-refractivity contribution in [3.8, 4) is 17.2 Å². The summed E-state index contributed by atoms with van der Waals surface area (Å²) in [4.78, 5) is 29.0. The lowest BCUT2D eigenvalue weighted by Gasteiger charge is -2.25. The summed E-state index contributed by atoms with van der Waals surface area (Å²) in [6.07, 6.45) is 0.535. The van der Waals surface area contributed by atoms with Crippen molar-refractivity contribution >= 4 is 28.5 Å². The maximum atomic E-state index is 13.7. The summed E-state index contributed by atoms with van der Waals surface area (Å²) < 4.78 is 22.3. The van der Waals surface area contributed by atoms with Crippen molar-refractivity contribution in [1.29, 1.82) is 0 Å². The van der Waals surface area contributed by atoms with Gasteiger partial charge in [-0.3, -0.25) is 9.59 Å². The molecule has 8 heteroatoms. The van der Waals surface area contributed by atoms with Gasteiger partial charge < -0.3 is 23.5 Å². The quantitative estimate of drug-likeness (QED) is 0.299. The van der Waals surface area contributed by atoms with E-state index in [1.165, 1.54) is 0 Å². The van der Waals surface area contributed by atoms with Gasteiger partial charge in [0.15, 0.2) is 16.9 Å². The van der Waals surface area contributed by atoms with E-state index in [-0.39, 0.29) is 17.1 Å². The Hall–Kier alpha value is -3.97. The van der Waals surface area contributed by atoms with Gasteiger partial charge in [0.1, 0.15) is 11.3 Å². The average molecular weight is 520 g/mol. The van der Waals surface area contributed by atoms with E-state index in [4.69, 9.17) is 30.2 Å². The molecule has 5 rings (SSSR count). The number of halogens is 1. The van der Waals surface area contributed by atoms with Crippen molar-refractivity contribution in [3.05, 3.63) is 98.4 Å². The molecule has 0 saturated heterocycles. The molecule has 1 aliphatic heterocycles. The number of rotatable bonds is 8. The lowest BCUT2D eigenvalue weighted by molar-refractivity contribution is 0.0730. The third-order valence-electron chi connectivity index (χ3n) is 6.52. The molecule has 0 aliphatic carbocycles. The van der Waals surface area contributed by atoms with Crippen LogP contribution in [0.25, 0.3) is 11.0 Å². The molecule has 1 aromatic heterocycles. The van der Waals surface area contributed by atoms with Gasteiger partial charge in [-0.15, -0.1) is 0 Å². The molecule has 7 nitrogen and oxygen atoms in total. The Balaban J connectivity index is 1.57. The zero-order chi connectivity index (χ0) is 26.1. The van der Waals surface area contributed by atoms with Gasteiger partial charge in [0, 0.05) is 11.6 Å². The van der Waals surface area contributed by atoms with E-state index >= 15 is 0 Å². The van der Waals surface area contributed by atoms with Gasteiger partial charge >= 0.3 is 0 Å². The van der Waals surface area contributed by atoms with Crippen LogP contribution in [0.5, 0.6) is 17.2 Å². The minimum absolute atomic E-state index is 0.0611. The first-order chi connectivity index (χ1) is 17.9. The van der Waals surface area contributed by atoms with Crippen LogP contribution in [0.3, 0.4) is 0 Å². The van der Waals surface area contributed by atoms with Crippen LogP contribution in [0.2, 0.25) is 5.02 Å². The number of hydrogen-bond donors (Lipinski definition) is 0. The minimum atomic E-state index is -0.613. The number of hydrogen-bond acceptors (Lipinski definition) is 6. The Morgan fingerprint density at radius 1 is 0.946 bits per heavy atom. The third kappa shape index (κ3) is 4.51. The van der Waals surface area contributed by atoms with Crippen LogP contribution in [0, 0.1) is 0 Å². The van der Waals surface area contributed by atoms with Crippen LogP contribution in [-0.2, 0) is 6.42 Å². The van der Waals surface area contributed by atoms with Gasteiger partial charge in [-0.2, -0.15) is 0 Å². The highest BCUT2D eigenvalue weighted by molar-refractivity contribution is 6.31. The Morgan fingerprint density at radius 3 is 2.41 bits per heavy atom. The first-order valence-corrected chi connectivity index (χ1v) is 12.3. The van der Waals surface area contributed by atoms with Crippen LogP contribution in [0.1, 0.15) is 40.2 Å². The topological polar surface area (TPSA) is 78.2 Å². The molecule has 37 heavy (non-hydrogen) atoms. The number of carbonyl (C=O) groups is 1. The minimum Gasteiger partial charge on any atom is -0.494 e. The van der Waals surface area contributed by atoms with Crippen molar-refractivity contribution in [2.24, 2.45) is 0 Å². The number of amides is 1. The van der Waals surface area contributed by atoms with Gasteiger partial charge in [-0.25, -0.2) is 0 Å². The molecule has 0 saturated carbocycles. The van der Waals surface area contributed by atoms with Crippen LogP contribution < -0.4 is 19.6 Å². The Morgan fingerprint density at radius 2 is 1.70 bits per heavy atom. The third-order valence-corrected chi connectivity index (χ3v) is 6.76. The molecule has 2 heterocycles. The summed E-state index contributed by atoms with van der Waals surface area (Å²) in [6.45, 7) is 2.81. The van der Waals surface area contributed by atoms with Crippen LogP contribution in [-0.4, -0.2) is 38.2 Å². The fourth-order valence-corrected chi connectivity index (χ4v) is 4.94. The number of carbonyl (C=O) groups excluding carboxylic acids is 1. The zero-order valence-electron chi connectivity index (χ0n) is 20.7. The van der Waals surface area contributed by atoms with E-state index in [1.807, 2.05) is 49.4 Å². The maximum absolute atomic E-state index is 13.7. The molecule has 3 aromatic carbocycles. The molecule has 0 spiro atoms. The average Bonchev–Trinajstić information content (AvgIpc) is 3.19. The fourth-order valence-electron chi connectivity index (χ4n) is 4.77. The lowest BCUT2D eigenvalue weighted by Crippen LogP contribution is -2.31. The summed E-state index contributed by atoms with van der Waals surface area (Å²) in [6, 6.07) is 17.3. The van der Waals surface area contributed by atoms with Crippen molar-refractivity contribution in [2.75, 3.05) is 27.4 Å². The Bertz CT molecular complexity index is 1530. The standard InChI is InChI=1S/C29H26ClNO6/c1-4-36-20-9-6-18(7-10-20)26-25-27(32)21-16-19(30)8-12-22(21)37-28(25)29(33)31(26)14-13-17-5-11-23(34-2)24(15-17)35-3/h5-12,15-16,26H,4,13-14H2,1-3H3. The summed E-state index contributed by atoms with van der Waals surface area (Å²) in [5.74, 6) is 1.68. The van der Waals surface area contributed by atoms with E-state index in [1.54, 1.807) is 37.3 Å². The number of fused-ring (bicyclic) bond motifs is 2. The predicted molar refractivity (Wildman–Crippen MR) is 141 cm³/mol. The van der Waals surface area contributed by atoms with Crippen LogP contribution in [0.4, 0.5) is 0 Å². The predicted octanol–water partition coefficient (Wildman–Crippen LogP) is 5.65. The lowest BCUT2D eigenvalue weighted by atomic mass is 9.98. The summed E-state index contributed by atoms with van der Waals surface area (Å²) in [5, 5.41) is 0.767. The van der Waals surface area contributed by atoms with Crippen molar-refractivity contribution in [2.45, 2.75) is 19.4 Å². The summed E-state index contributed by atoms with van der Waals surface area (Å²) >= 11 is 6.17. The van der Waals surface area contributed by atoms with E-state index in [2.05, 4.69) is 0 Å². The van der Waals surface area contributed by atoms with Crippen molar-refractivity contribution < 1.29 is 23.4 Å². The van der Waals surface area contributed by atoms with Gasteiger partial charge in [-0.05, 0) is 66.9 Å². The molecule has 1 aliphatic rings. The molecule has 0 radical (unpaired) electrons. The first-order valence-electron chi connectivity index (χ1n) is 12.0. The number of nitrogens with zero attached hydrogens (tertiary/aromatic N) is 1. The number of ether oxygens (including phenoxy) is 3. The highest BCUT2D eigenvalue weighted by Crippen LogP contribution is 2.39. The van der Waals surface area contributed by atoms with Crippen LogP contribution >= 0.6 is 11.6 Å². The molecule has 0 N–H and O–H groups in total. The van der Waals surface area contributed by atoms with Gasteiger partial charge in [0.25, 0.3) is 5.91 Å². The van der Waals surface area contributed by atoms with Crippen molar-refractivity contribution in [1.82, 2.24) is 4.90 Å². The highest BCUT2D eigenvalue weighted by Gasteiger charge is 2.42.